The molecule has 0 bridgehead atoms. The molecule has 0 atom stereocenters. The summed E-state index contributed by atoms with van der Waals surface area (Å²) in [6.07, 6.45) is 9.08. The molecule has 0 aromatic carbocycles. The summed E-state index contributed by atoms with van der Waals surface area (Å²) in [5, 5.41) is 3.00. The molecule has 5 nitrogen and oxygen atoms in total. The molecular weight excluding hydrogens is 218 g/mol. The minimum atomic E-state index is -0.149. The van der Waals surface area contributed by atoms with E-state index in [1.165, 1.54) is 28.4 Å². The van der Waals surface area contributed by atoms with Gasteiger partial charge >= 0.3 is 5.69 Å². The van der Waals surface area contributed by atoms with Crippen molar-refractivity contribution in [2.75, 3.05) is 0 Å². The zero-order valence-electron chi connectivity index (χ0n) is 10.2. The Labute approximate surface area is 100 Å². The lowest BCUT2D eigenvalue weighted by Crippen LogP contribution is -2.39. The first-order valence-corrected chi connectivity index (χ1v) is 6.18. The van der Waals surface area contributed by atoms with E-state index in [1.54, 1.807) is 19.4 Å². The number of nitrogens with zero attached hydrogens (tertiary/aromatic N) is 2. The highest BCUT2D eigenvalue weighted by Crippen LogP contribution is 2.17. The van der Waals surface area contributed by atoms with Gasteiger partial charge in [0.15, 0.2) is 0 Å². The molecule has 0 spiro atoms. The molecule has 0 unspecified atom stereocenters. The minimum Gasteiger partial charge on any atom is -0.352 e. The fourth-order valence-electron chi connectivity index (χ4n) is 2.31. The summed E-state index contributed by atoms with van der Waals surface area (Å²) in [5.41, 5.74) is -0.149. The molecule has 94 valence electrons. The Kier molecular flexibility index (Phi) is 3.66. The van der Waals surface area contributed by atoms with Gasteiger partial charge in [0.2, 0.25) is 5.91 Å². The average molecular weight is 237 g/mol. The van der Waals surface area contributed by atoms with Gasteiger partial charge in [-0.15, -0.1) is 0 Å². The second-order valence-electron chi connectivity index (χ2n) is 4.72. The molecular formula is C12H19N3O2. The third kappa shape index (κ3) is 2.99. The van der Waals surface area contributed by atoms with Crippen molar-refractivity contribution < 1.29 is 4.79 Å². The third-order valence-electron chi connectivity index (χ3n) is 3.30. The number of amides is 1. The summed E-state index contributed by atoms with van der Waals surface area (Å²) in [5.74, 6) is -0.0646. The van der Waals surface area contributed by atoms with Gasteiger partial charge in [0.05, 0.1) is 0 Å². The van der Waals surface area contributed by atoms with Gasteiger partial charge < -0.3 is 9.88 Å². The van der Waals surface area contributed by atoms with Gasteiger partial charge in [-0.3, -0.25) is 9.36 Å². The maximum Gasteiger partial charge on any atom is 0.328 e. The number of nitrogens with one attached hydrogen (secondary N) is 1. The lowest BCUT2D eigenvalue weighted by molar-refractivity contribution is -0.122. The molecule has 1 aromatic rings. The van der Waals surface area contributed by atoms with Crippen LogP contribution in [0, 0.1) is 0 Å². The first kappa shape index (κ1) is 12.0. The van der Waals surface area contributed by atoms with Crippen LogP contribution in [0.25, 0.3) is 0 Å². The standard InChI is InChI=1S/C12H19N3O2/c1-14-7-8-15(12(14)17)9-11(16)13-10-5-3-2-4-6-10/h7-8,10H,2-6,9H2,1H3,(H,13,16). The van der Waals surface area contributed by atoms with Gasteiger partial charge in [0, 0.05) is 25.5 Å². The third-order valence-corrected chi connectivity index (χ3v) is 3.30. The van der Waals surface area contributed by atoms with Crippen molar-refractivity contribution in [3.05, 3.63) is 22.9 Å². The second-order valence-corrected chi connectivity index (χ2v) is 4.72. The lowest BCUT2D eigenvalue weighted by atomic mass is 9.95. The summed E-state index contributed by atoms with van der Waals surface area (Å²) < 4.78 is 2.89. The largest absolute Gasteiger partial charge is 0.352 e. The average Bonchev–Trinajstić information content (AvgIpc) is 2.62. The van der Waals surface area contributed by atoms with E-state index in [0.29, 0.717) is 6.04 Å². The summed E-state index contributed by atoms with van der Waals surface area (Å²) in [6, 6.07) is 0.302. The zero-order valence-corrected chi connectivity index (χ0v) is 10.2. The highest BCUT2D eigenvalue weighted by Gasteiger charge is 2.16. The quantitative estimate of drug-likeness (QED) is 0.838. The molecule has 1 saturated carbocycles. The number of hydrogen-bond acceptors (Lipinski definition) is 2. The van der Waals surface area contributed by atoms with Crippen molar-refractivity contribution in [2.45, 2.75) is 44.7 Å². The van der Waals surface area contributed by atoms with Crippen LogP contribution in [0.5, 0.6) is 0 Å². The molecule has 1 aliphatic carbocycles. The van der Waals surface area contributed by atoms with Crippen molar-refractivity contribution in [1.82, 2.24) is 14.5 Å². The minimum absolute atomic E-state index is 0.0646. The Morgan fingerprint density at radius 3 is 2.65 bits per heavy atom. The molecule has 17 heavy (non-hydrogen) atoms. The van der Waals surface area contributed by atoms with Crippen molar-refractivity contribution in [3.63, 3.8) is 0 Å². The highest BCUT2D eigenvalue weighted by molar-refractivity contribution is 5.76. The van der Waals surface area contributed by atoms with Crippen LogP contribution in [0.4, 0.5) is 0 Å². The predicted octanol–water partition coefficient (Wildman–Crippen LogP) is 0.636. The van der Waals surface area contributed by atoms with Crippen LogP contribution in [0.2, 0.25) is 0 Å². The molecule has 1 N–H and O–H groups in total. The molecule has 5 heteroatoms. The van der Waals surface area contributed by atoms with Crippen molar-refractivity contribution in [1.29, 1.82) is 0 Å². The molecule has 1 fully saturated rings. The molecule has 1 heterocycles. The predicted molar refractivity (Wildman–Crippen MR) is 64.7 cm³/mol. The van der Waals surface area contributed by atoms with E-state index in [0.717, 1.165) is 12.8 Å². The number of carbonyl (C=O) groups excluding carboxylic acids is 1. The molecule has 1 amide bonds. The Balaban J connectivity index is 1.88. The number of imidazole rings is 1. The van der Waals surface area contributed by atoms with Crippen molar-refractivity contribution in [2.24, 2.45) is 7.05 Å². The van der Waals surface area contributed by atoms with Gasteiger partial charge in [0.25, 0.3) is 0 Å². The Morgan fingerprint density at radius 2 is 2.06 bits per heavy atom. The van der Waals surface area contributed by atoms with Crippen LogP contribution in [0.15, 0.2) is 17.2 Å². The SMILES string of the molecule is Cn1ccn(CC(=O)NC2CCCCC2)c1=O. The topological polar surface area (TPSA) is 56.0 Å². The summed E-state index contributed by atoms with van der Waals surface area (Å²) in [7, 11) is 1.68. The molecule has 2 rings (SSSR count). The van der Waals surface area contributed by atoms with E-state index in [2.05, 4.69) is 5.32 Å². The Bertz CT molecular complexity index is 441. The maximum atomic E-state index is 11.8. The maximum absolute atomic E-state index is 11.8. The smallest absolute Gasteiger partial charge is 0.328 e. The monoisotopic (exact) mass is 237 g/mol. The normalized spacial score (nSPS) is 17.0. The molecule has 1 aromatic heterocycles. The van der Waals surface area contributed by atoms with Crippen LogP contribution in [-0.4, -0.2) is 21.1 Å². The van der Waals surface area contributed by atoms with Crippen molar-refractivity contribution in [3.8, 4) is 0 Å². The summed E-state index contributed by atoms with van der Waals surface area (Å²) >= 11 is 0. The first-order valence-electron chi connectivity index (χ1n) is 6.18. The van der Waals surface area contributed by atoms with Crippen molar-refractivity contribution >= 4 is 5.91 Å². The number of carbonyl (C=O) groups is 1. The van der Waals surface area contributed by atoms with Crippen LogP contribution >= 0.6 is 0 Å². The number of rotatable bonds is 3. The number of hydrogen-bond donors (Lipinski definition) is 1. The van der Waals surface area contributed by atoms with Gasteiger partial charge in [-0.2, -0.15) is 0 Å². The fourth-order valence-corrected chi connectivity index (χ4v) is 2.31. The van der Waals surface area contributed by atoms with E-state index in [1.807, 2.05) is 0 Å². The van der Waals surface area contributed by atoms with Gasteiger partial charge in [-0.1, -0.05) is 19.3 Å². The molecule has 1 aliphatic rings. The van der Waals surface area contributed by atoms with Crippen LogP contribution in [0.3, 0.4) is 0 Å². The highest BCUT2D eigenvalue weighted by atomic mass is 16.2. The van der Waals surface area contributed by atoms with Gasteiger partial charge in [-0.25, -0.2) is 4.79 Å². The van der Waals surface area contributed by atoms with Crippen LogP contribution < -0.4 is 11.0 Å². The summed E-state index contributed by atoms with van der Waals surface area (Å²) in [4.78, 5) is 23.3. The fraction of sp³-hybridized carbons (Fsp3) is 0.667. The molecule has 0 saturated heterocycles. The zero-order chi connectivity index (χ0) is 12.3. The number of aryl methyl sites for hydroxylation is 1. The van der Waals surface area contributed by atoms with Gasteiger partial charge in [-0.05, 0) is 12.8 Å². The Hall–Kier alpha value is -1.52. The van der Waals surface area contributed by atoms with Gasteiger partial charge in [0.1, 0.15) is 6.54 Å². The van der Waals surface area contributed by atoms with E-state index in [4.69, 9.17) is 0 Å². The first-order chi connectivity index (χ1) is 8.16. The lowest BCUT2D eigenvalue weighted by Gasteiger charge is -2.22. The Morgan fingerprint density at radius 1 is 1.35 bits per heavy atom. The molecule has 0 radical (unpaired) electrons. The van der Waals surface area contributed by atoms with Crippen LogP contribution in [0.1, 0.15) is 32.1 Å². The van der Waals surface area contributed by atoms with Crippen LogP contribution in [-0.2, 0) is 18.4 Å². The van der Waals surface area contributed by atoms with E-state index < -0.39 is 0 Å². The number of aromatic nitrogens is 2. The van der Waals surface area contributed by atoms with E-state index >= 15 is 0 Å². The molecule has 0 aliphatic heterocycles. The second kappa shape index (κ2) is 5.21. The van der Waals surface area contributed by atoms with E-state index in [9.17, 15) is 9.59 Å². The summed E-state index contributed by atoms with van der Waals surface area (Å²) in [6.45, 7) is 0.121. The van der Waals surface area contributed by atoms with E-state index in [-0.39, 0.29) is 18.1 Å².